The summed E-state index contributed by atoms with van der Waals surface area (Å²) in [5, 5.41) is 27.0. The maximum absolute atomic E-state index is 9.17. The second kappa shape index (κ2) is 11.9. The van der Waals surface area contributed by atoms with Gasteiger partial charge in [-0.15, -0.1) is 0 Å². The van der Waals surface area contributed by atoms with Crippen LogP contribution in [0.15, 0.2) is 0 Å². The molecule has 0 aliphatic rings. The Balaban J connectivity index is 3.08. The van der Waals surface area contributed by atoms with Crippen molar-refractivity contribution in [2.45, 2.75) is 89.8 Å². The summed E-state index contributed by atoms with van der Waals surface area (Å²) in [7, 11) is 0. The molecule has 0 saturated carbocycles. The molecule has 0 fully saturated rings. The molecule has 0 aromatic heterocycles. The fourth-order valence-electron chi connectivity index (χ4n) is 2.15. The van der Waals surface area contributed by atoms with E-state index in [1.165, 1.54) is 51.4 Å². The van der Waals surface area contributed by atoms with Gasteiger partial charge in [-0.25, -0.2) is 0 Å². The first-order valence-corrected chi connectivity index (χ1v) is 7.68. The van der Waals surface area contributed by atoms with Crippen molar-refractivity contribution in [3.05, 3.63) is 0 Å². The van der Waals surface area contributed by atoms with Crippen LogP contribution in [0.25, 0.3) is 0 Å². The van der Waals surface area contributed by atoms with E-state index in [2.05, 4.69) is 6.92 Å². The van der Waals surface area contributed by atoms with Crippen LogP contribution >= 0.6 is 0 Å². The van der Waals surface area contributed by atoms with E-state index in [0.29, 0.717) is 0 Å². The van der Waals surface area contributed by atoms with E-state index in [4.69, 9.17) is 5.11 Å². The average Bonchev–Trinajstić information content (AvgIpc) is 2.36. The fourth-order valence-corrected chi connectivity index (χ4v) is 2.15. The third-order valence-corrected chi connectivity index (χ3v) is 3.43. The Hall–Kier alpha value is -0.120. The zero-order valence-corrected chi connectivity index (χ0v) is 12.0. The maximum atomic E-state index is 9.17. The summed E-state index contributed by atoms with van der Waals surface area (Å²) >= 11 is 0. The minimum Gasteiger partial charge on any atom is -0.391 e. The molecule has 0 aromatic carbocycles. The van der Waals surface area contributed by atoms with Crippen molar-refractivity contribution in [1.29, 1.82) is 0 Å². The molecule has 3 heteroatoms. The fraction of sp³-hybridized carbons (Fsp3) is 1.00. The van der Waals surface area contributed by atoms with Crippen LogP contribution in [0, 0.1) is 0 Å². The first-order valence-electron chi connectivity index (χ1n) is 7.68. The standard InChI is InChI=1S/C15H32O3/c1-2-3-4-5-6-7-8-9-10-11-12-13-15(17,18)14-16/h16-18H,2-14H2,1H3. The number of aliphatic hydroxyl groups excluding tert-OH is 1. The Morgan fingerprint density at radius 2 is 1.06 bits per heavy atom. The van der Waals surface area contributed by atoms with E-state index in [9.17, 15) is 10.2 Å². The lowest BCUT2D eigenvalue weighted by Gasteiger charge is -2.18. The van der Waals surface area contributed by atoms with Gasteiger partial charge in [-0.3, -0.25) is 0 Å². The van der Waals surface area contributed by atoms with Crippen LogP contribution in [-0.2, 0) is 0 Å². The Morgan fingerprint density at radius 3 is 1.44 bits per heavy atom. The molecule has 0 aliphatic heterocycles. The molecule has 0 radical (unpaired) electrons. The van der Waals surface area contributed by atoms with E-state index >= 15 is 0 Å². The van der Waals surface area contributed by atoms with Gasteiger partial charge in [-0.1, -0.05) is 71.1 Å². The maximum Gasteiger partial charge on any atom is 0.186 e. The molecular weight excluding hydrogens is 228 g/mol. The van der Waals surface area contributed by atoms with Gasteiger partial charge in [0.25, 0.3) is 0 Å². The lowest BCUT2D eigenvalue weighted by Crippen LogP contribution is -2.32. The molecule has 0 aromatic rings. The van der Waals surface area contributed by atoms with E-state index < -0.39 is 12.4 Å². The molecule has 18 heavy (non-hydrogen) atoms. The van der Waals surface area contributed by atoms with Crippen LogP contribution in [0.4, 0.5) is 0 Å². The summed E-state index contributed by atoms with van der Waals surface area (Å²) in [6.07, 6.45) is 13.9. The Bertz CT molecular complexity index is 169. The number of rotatable bonds is 13. The molecule has 0 bridgehead atoms. The predicted octanol–water partition coefficient (Wildman–Crippen LogP) is 3.36. The molecule has 110 valence electrons. The van der Waals surface area contributed by atoms with Gasteiger partial charge in [0.1, 0.15) is 0 Å². The van der Waals surface area contributed by atoms with Crippen LogP contribution in [0.3, 0.4) is 0 Å². The molecule has 3 nitrogen and oxygen atoms in total. The van der Waals surface area contributed by atoms with E-state index in [1.54, 1.807) is 0 Å². The molecule has 0 heterocycles. The monoisotopic (exact) mass is 260 g/mol. The van der Waals surface area contributed by atoms with Crippen molar-refractivity contribution in [1.82, 2.24) is 0 Å². The van der Waals surface area contributed by atoms with Gasteiger partial charge in [-0.2, -0.15) is 0 Å². The molecule has 3 N–H and O–H groups in total. The van der Waals surface area contributed by atoms with Crippen molar-refractivity contribution >= 4 is 0 Å². The van der Waals surface area contributed by atoms with Gasteiger partial charge in [0, 0.05) is 6.42 Å². The lowest BCUT2D eigenvalue weighted by molar-refractivity contribution is -0.191. The van der Waals surface area contributed by atoms with Gasteiger partial charge in [-0.05, 0) is 6.42 Å². The van der Waals surface area contributed by atoms with Crippen LogP contribution in [0.1, 0.15) is 84.0 Å². The van der Waals surface area contributed by atoms with E-state index in [-0.39, 0.29) is 6.42 Å². The van der Waals surface area contributed by atoms with Crippen LogP contribution in [0.5, 0.6) is 0 Å². The highest BCUT2D eigenvalue weighted by Gasteiger charge is 2.20. The molecule has 0 aliphatic carbocycles. The third-order valence-electron chi connectivity index (χ3n) is 3.43. The van der Waals surface area contributed by atoms with Crippen molar-refractivity contribution in [3.63, 3.8) is 0 Å². The number of hydrogen-bond acceptors (Lipinski definition) is 3. The topological polar surface area (TPSA) is 60.7 Å². The van der Waals surface area contributed by atoms with E-state index in [1.807, 2.05) is 0 Å². The van der Waals surface area contributed by atoms with Crippen LogP contribution in [0.2, 0.25) is 0 Å². The van der Waals surface area contributed by atoms with Crippen molar-refractivity contribution in [3.8, 4) is 0 Å². The summed E-state index contributed by atoms with van der Waals surface area (Å²) in [5.74, 6) is -1.86. The second-order valence-electron chi connectivity index (χ2n) is 5.43. The lowest BCUT2D eigenvalue weighted by atomic mass is 10.0. The quantitative estimate of drug-likeness (QED) is 0.351. The first-order chi connectivity index (χ1) is 8.62. The highest BCUT2D eigenvalue weighted by atomic mass is 16.5. The smallest absolute Gasteiger partial charge is 0.186 e. The Morgan fingerprint density at radius 1 is 0.667 bits per heavy atom. The second-order valence-corrected chi connectivity index (χ2v) is 5.43. The highest BCUT2D eigenvalue weighted by molar-refractivity contribution is 4.62. The molecule has 0 amide bonds. The Labute approximate surface area is 112 Å². The zero-order chi connectivity index (χ0) is 13.7. The number of unbranched alkanes of at least 4 members (excludes halogenated alkanes) is 10. The predicted molar refractivity (Wildman–Crippen MR) is 75.3 cm³/mol. The number of aliphatic hydroxyl groups is 3. The van der Waals surface area contributed by atoms with Crippen LogP contribution in [-0.4, -0.2) is 27.7 Å². The van der Waals surface area contributed by atoms with Gasteiger partial charge >= 0.3 is 0 Å². The average molecular weight is 260 g/mol. The van der Waals surface area contributed by atoms with E-state index in [0.717, 1.165) is 19.3 Å². The zero-order valence-electron chi connectivity index (χ0n) is 12.0. The van der Waals surface area contributed by atoms with Gasteiger partial charge < -0.3 is 15.3 Å². The molecular formula is C15H32O3. The minimum atomic E-state index is -1.86. The van der Waals surface area contributed by atoms with Crippen molar-refractivity contribution in [2.24, 2.45) is 0 Å². The SMILES string of the molecule is CCCCCCCCCCCCCC(O)(O)CO. The minimum absolute atomic E-state index is 0.278. The summed E-state index contributed by atoms with van der Waals surface area (Å²) < 4.78 is 0. The van der Waals surface area contributed by atoms with Crippen LogP contribution < -0.4 is 0 Å². The molecule has 0 spiro atoms. The largest absolute Gasteiger partial charge is 0.391 e. The molecule has 0 saturated heterocycles. The summed E-state index contributed by atoms with van der Waals surface area (Å²) in [5.41, 5.74) is 0. The Kier molecular flexibility index (Phi) is 11.9. The first kappa shape index (κ1) is 17.9. The third kappa shape index (κ3) is 12.3. The summed E-state index contributed by atoms with van der Waals surface area (Å²) in [6.45, 7) is 1.68. The highest BCUT2D eigenvalue weighted by Crippen LogP contribution is 2.14. The van der Waals surface area contributed by atoms with Crippen molar-refractivity contribution in [2.75, 3.05) is 6.61 Å². The number of hydrogen-bond donors (Lipinski definition) is 3. The molecule has 0 atom stereocenters. The van der Waals surface area contributed by atoms with Crippen molar-refractivity contribution < 1.29 is 15.3 Å². The van der Waals surface area contributed by atoms with Gasteiger partial charge in [0.2, 0.25) is 0 Å². The normalized spacial score (nSPS) is 12.0. The van der Waals surface area contributed by atoms with Gasteiger partial charge in [0.05, 0.1) is 6.61 Å². The molecule has 0 unspecified atom stereocenters. The molecule has 0 rings (SSSR count). The van der Waals surface area contributed by atoms with Gasteiger partial charge in [0.15, 0.2) is 5.79 Å². The summed E-state index contributed by atoms with van der Waals surface area (Å²) in [6, 6.07) is 0. The summed E-state index contributed by atoms with van der Waals surface area (Å²) in [4.78, 5) is 0.